The molecule has 0 spiro atoms. The number of carbonyl (C=O) groups is 2. The van der Waals surface area contributed by atoms with Crippen LogP contribution in [0.25, 0.3) is 4.83 Å². The van der Waals surface area contributed by atoms with Crippen molar-refractivity contribution in [1.82, 2.24) is 19.6 Å². The van der Waals surface area contributed by atoms with Crippen molar-refractivity contribution in [3.8, 4) is 0 Å². The Labute approximate surface area is 215 Å². The van der Waals surface area contributed by atoms with Crippen LogP contribution in [0.15, 0.2) is 41.9 Å². The fourth-order valence-electron chi connectivity index (χ4n) is 3.61. The normalized spacial score (nSPS) is 14.8. The molecule has 1 aromatic carbocycles. The van der Waals surface area contributed by atoms with Crippen molar-refractivity contribution in [3.63, 3.8) is 0 Å². The largest absolute Gasteiger partial charge is 0.443 e. The lowest BCUT2D eigenvalue weighted by molar-refractivity contribution is -0.126. The lowest BCUT2D eigenvalue weighted by atomic mass is 10.1. The molecule has 1 saturated heterocycles. The SMILES string of the molecule is C.CC(C)(N)C(=O)N[C@H](COCc1ccccc1)c1ncc2scc(COC(=O)N3CCOCC3)n12. The third-order valence-corrected chi connectivity index (χ3v) is 6.49. The van der Waals surface area contributed by atoms with Crippen molar-refractivity contribution >= 4 is 28.2 Å². The van der Waals surface area contributed by atoms with Crippen LogP contribution in [0.5, 0.6) is 0 Å². The van der Waals surface area contributed by atoms with E-state index in [9.17, 15) is 9.59 Å². The fourth-order valence-corrected chi connectivity index (χ4v) is 4.47. The molecule has 3 N–H and O–H groups in total. The van der Waals surface area contributed by atoms with E-state index in [0.29, 0.717) is 38.7 Å². The average Bonchev–Trinajstić information content (AvgIpc) is 3.45. The molecule has 1 aliphatic rings. The van der Waals surface area contributed by atoms with Gasteiger partial charge in [0.1, 0.15) is 23.3 Å². The van der Waals surface area contributed by atoms with E-state index in [1.54, 1.807) is 24.9 Å². The molecule has 36 heavy (non-hydrogen) atoms. The second-order valence-corrected chi connectivity index (χ2v) is 9.81. The van der Waals surface area contributed by atoms with Gasteiger partial charge in [-0.3, -0.25) is 9.20 Å². The van der Waals surface area contributed by atoms with Crippen molar-refractivity contribution in [2.45, 2.75) is 46.1 Å². The molecule has 1 fully saturated rings. The maximum Gasteiger partial charge on any atom is 0.410 e. The van der Waals surface area contributed by atoms with Crippen LogP contribution in [0.2, 0.25) is 0 Å². The van der Waals surface area contributed by atoms with Gasteiger partial charge in [-0.05, 0) is 19.4 Å². The Morgan fingerprint density at radius 3 is 2.64 bits per heavy atom. The molecule has 0 unspecified atom stereocenters. The summed E-state index contributed by atoms with van der Waals surface area (Å²) in [6, 6.07) is 9.24. The van der Waals surface area contributed by atoms with Crippen molar-refractivity contribution in [2.24, 2.45) is 5.73 Å². The summed E-state index contributed by atoms with van der Waals surface area (Å²) in [6.45, 7) is 5.98. The number of carbonyl (C=O) groups excluding carboxylic acids is 2. The van der Waals surface area contributed by atoms with Crippen molar-refractivity contribution in [1.29, 1.82) is 0 Å². The summed E-state index contributed by atoms with van der Waals surface area (Å²) in [7, 11) is 0. The van der Waals surface area contributed by atoms with Gasteiger partial charge < -0.3 is 30.2 Å². The monoisotopic (exact) mass is 517 g/mol. The Balaban J connectivity index is 0.00000361. The van der Waals surface area contributed by atoms with Crippen LogP contribution in [-0.2, 0) is 32.2 Å². The number of rotatable bonds is 9. The van der Waals surface area contributed by atoms with E-state index < -0.39 is 11.6 Å². The number of nitrogens with two attached hydrogens (primary N) is 1. The van der Waals surface area contributed by atoms with Crippen LogP contribution in [0.4, 0.5) is 4.79 Å². The van der Waals surface area contributed by atoms with Gasteiger partial charge in [0, 0.05) is 18.5 Å². The highest BCUT2D eigenvalue weighted by Crippen LogP contribution is 2.24. The highest BCUT2D eigenvalue weighted by atomic mass is 32.1. The van der Waals surface area contributed by atoms with Gasteiger partial charge in [-0.1, -0.05) is 37.8 Å². The highest BCUT2D eigenvalue weighted by molar-refractivity contribution is 7.15. The summed E-state index contributed by atoms with van der Waals surface area (Å²) in [4.78, 5) is 32.3. The second-order valence-electron chi connectivity index (χ2n) is 8.92. The Hall–Kier alpha value is -2.99. The minimum absolute atomic E-state index is 0. The highest BCUT2D eigenvalue weighted by Gasteiger charge is 2.28. The summed E-state index contributed by atoms with van der Waals surface area (Å²) in [6.07, 6.45) is 1.35. The molecule has 196 valence electrons. The molecule has 0 radical (unpaired) electrons. The van der Waals surface area contributed by atoms with E-state index in [0.717, 1.165) is 16.1 Å². The Bertz CT molecular complexity index is 1130. The number of morpholine rings is 1. The molecule has 0 saturated carbocycles. The van der Waals surface area contributed by atoms with Gasteiger partial charge in [0.25, 0.3) is 0 Å². The predicted molar refractivity (Wildman–Crippen MR) is 138 cm³/mol. The second kappa shape index (κ2) is 12.3. The minimum atomic E-state index is -1.07. The zero-order chi connectivity index (χ0) is 24.8. The quantitative estimate of drug-likeness (QED) is 0.447. The van der Waals surface area contributed by atoms with E-state index in [-0.39, 0.29) is 32.6 Å². The number of amides is 2. The standard InChI is InChI=1S/C24H31N5O5S.CH4/c1-24(2,25)22(30)27-19(15-33-13-17-6-4-3-5-7-17)21-26-12-20-29(21)18(16-35-20)14-34-23(31)28-8-10-32-11-9-28;/h3-7,12,16,19H,8-11,13-15,25H2,1-2H3,(H,27,30);1H4/t19-;/m1./s1. The van der Waals surface area contributed by atoms with Crippen molar-refractivity contribution in [2.75, 3.05) is 32.9 Å². The molecule has 2 amide bonds. The van der Waals surface area contributed by atoms with Crippen LogP contribution in [0.3, 0.4) is 0 Å². The third kappa shape index (κ3) is 6.82. The van der Waals surface area contributed by atoms with Crippen LogP contribution >= 0.6 is 11.3 Å². The number of thiazole rings is 1. The number of nitrogens with one attached hydrogen (secondary N) is 1. The maximum atomic E-state index is 12.7. The number of ether oxygens (including phenoxy) is 3. The number of aromatic nitrogens is 2. The van der Waals surface area contributed by atoms with E-state index in [2.05, 4.69) is 10.3 Å². The molecule has 0 bridgehead atoms. The summed E-state index contributed by atoms with van der Waals surface area (Å²) >= 11 is 1.48. The van der Waals surface area contributed by atoms with Crippen LogP contribution in [0.1, 0.15) is 44.4 Å². The van der Waals surface area contributed by atoms with Gasteiger partial charge in [0.2, 0.25) is 5.91 Å². The smallest absolute Gasteiger partial charge is 0.410 e. The van der Waals surface area contributed by atoms with Crippen LogP contribution in [0, 0.1) is 0 Å². The molecule has 11 heteroatoms. The van der Waals surface area contributed by atoms with Gasteiger partial charge in [-0.25, -0.2) is 9.78 Å². The van der Waals surface area contributed by atoms with Crippen LogP contribution < -0.4 is 11.1 Å². The predicted octanol–water partition coefficient (Wildman–Crippen LogP) is 3.11. The topological polar surface area (TPSA) is 120 Å². The van der Waals surface area contributed by atoms with E-state index in [1.807, 2.05) is 40.1 Å². The number of benzene rings is 1. The first kappa shape index (κ1) is 27.6. The molecule has 1 aliphatic heterocycles. The van der Waals surface area contributed by atoms with Gasteiger partial charge in [0.05, 0.1) is 43.9 Å². The molecule has 2 aromatic heterocycles. The number of nitrogens with zero attached hydrogens (tertiary/aromatic N) is 3. The zero-order valence-electron chi connectivity index (χ0n) is 19.9. The maximum absolute atomic E-state index is 12.7. The van der Waals surface area contributed by atoms with Gasteiger partial charge in [-0.2, -0.15) is 0 Å². The molecule has 4 rings (SSSR count). The third-order valence-electron chi connectivity index (χ3n) is 5.57. The fraction of sp³-hybridized carbons (Fsp3) is 0.480. The number of fused-ring (bicyclic) bond motifs is 1. The first-order valence-corrected chi connectivity index (χ1v) is 12.4. The lowest BCUT2D eigenvalue weighted by Crippen LogP contribution is -2.51. The van der Waals surface area contributed by atoms with Crippen molar-refractivity contribution in [3.05, 3.63) is 59.0 Å². The first-order valence-electron chi connectivity index (χ1n) is 11.5. The van der Waals surface area contributed by atoms with Gasteiger partial charge in [0.15, 0.2) is 0 Å². The summed E-state index contributed by atoms with van der Waals surface area (Å²) in [5.41, 5.74) is 6.74. The van der Waals surface area contributed by atoms with Crippen molar-refractivity contribution < 1.29 is 23.8 Å². The number of hydrogen-bond acceptors (Lipinski definition) is 8. The number of hydrogen-bond donors (Lipinski definition) is 2. The molecule has 1 atom stereocenters. The van der Waals surface area contributed by atoms with Gasteiger partial charge >= 0.3 is 6.09 Å². The molecule has 10 nitrogen and oxygen atoms in total. The molecular weight excluding hydrogens is 482 g/mol. The zero-order valence-corrected chi connectivity index (χ0v) is 20.8. The Kier molecular flexibility index (Phi) is 9.43. The average molecular weight is 518 g/mol. The van der Waals surface area contributed by atoms with Crippen LogP contribution in [-0.4, -0.2) is 64.7 Å². The number of imidazole rings is 1. The molecule has 0 aliphatic carbocycles. The Morgan fingerprint density at radius 2 is 1.94 bits per heavy atom. The first-order chi connectivity index (χ1) is 16.8. The molecular formula is C25H35N5O5S. The minimum Gasteiger partial charge on any atom is -0.443 e. The van der Waals surface area contributed by atoms with Gasteiger partial charge in [-0.15, -0.1) is 11.3 Å². The van der Waals surface area contributed by atoms with E-state index in [1.165, 1.54) is 11.3 Å². The summed E-state index contributed by atoms with van der Waals surface area (Å²) in [5.74, 6) is 0.266. The Morgan fingerprint density at radius 1 is 1.22 bits per heavy atom. The molecule has 3 aromatic rings. The van der Waals surface area contributed by atoms with E-state index in [4.69, 9.17) is 19.9 Å². The molecule has 3 heterocycles. The van der Waals surface area contributed by atoms with E-state index >= 15 is 0 Å². The summed E-state index contributed by atoms with van der Waals surface area (Å²) < 4.78 is 18.7. The lowest BCUT2D eigenvalue weighted by Gasteiger charge is -2.26. The summed E-state index contributed by atoms with van der Waals surface area (Å²) in [5, 5.41) is 4.89.